The van der Waals surface area contributed by atoms with Gasteiger partial charge in [0.2, 0.25) is 6.79 Å². The van der Waals surface area contributed by atoms with Crippen molar-refractivity contribution < 1.29 is 18.7 Å². The number of rotatable bonds is 4. The summed E-state index contributed by atoms with van der Waals surface area (Å²) in [6.07, 6.45) is 0.398. The number of carbonyl (C=O) groups is 1. The third-order valence-corrected chi connectivity index (χ3v) is 4.79. The molecular weight excluding hydrogens is 385 g/mol. The van der Waals surface area contributed by atoms with E-state index in [0.29, 0.717) is 40.5 Å². The van der Waals surface area contributed by atoms with Gasteiger partial charge in [-0.2, -0.15) is 0 Å². The Balaban J connectivity index is 1.50. The molecule has 0 saturated heterocycles. The van der Waals surface area contributed by atoms with Gasteiger partial charge in [0.1, 0.15) is 5.82 Å². The number of aromatic nitrogens is 2. The zero-order valence-corrected chi connectivity index (χ0v) is 15.8. The first-order valence-electron chi connectivity index (χ1n) is 9.37. The number of ether oxygens (including phenoxy) is 2. The van der Waals surface area contributed by atoms with Crippen LogP contribution in [0.2, 0.25) is 0 Å². The monoisotopic (exact) mass is 401 g/mol. The van der Waals surface area contributed by atoms with Crippen molar-refractivity contribution in [1.82, 2.24) is 9.97 Å². The molecule has 0 saturated carbocycles. The summed E-state index contributed by atoms with van der Waals surface area (Å²) in [5.41, 5.74) is 3.26. The van der Waals surface area contributed by atoms with Gasteiger partial charge in [0, 0.05) is 12.0 Å². The molecule has 5 rings (SSSR count). The van der Waals surface area contributed by atoms with Gasteiger partial charge in [-0.05, 0) is 48.0 Å². The van der Waals surface area contributed by atoms with E-state index in [4.69, 9.17) is 9.47 Å². The van der Waals surface area contributed by atoms with E-state index < -0.39 is 0 Å². The van der Waals surface area contributed by atoms with Gasteiger partial charge >= 0.3 is 0 Å². The van der Waals surface area contributed by atoms with E-state index in [1.165, 1.54) is 12.1 Å². The van der Waals surface area contributed by atoms with Crippen molar-refractivity contribution in [3.05, 3.63) is 89.4 Å². The minimum Gasteiger partial charge on any atom is -0.454 e. The number of carbonyl (C=O) groups excluding carboxylic acids is 1. The molecule has 0 atom stereocenters. The first kappa shape index (κ1) is 18.1. The first-order valence-corrected chi connectivity index (χ1v) is 9.37. The van der Waals surface area contributed by atoms with Crippen LogP contribution < -0.4 is 14.8 Å². The molecule has 0 radical (unpaired) electrons. The fraction of sp³-hybridized carbons (Fsp3) is 0.0870. The van der Waals surface area contributed by atoms with Crippen LogP contribution in [0.5, 0.6) is 11.5 Å². The molecular formula is C23H16FN3O3. The standard InChI is InChI=1S/C23H16FN3O3/c24-16-8-5-14(6-9-16)11-19-22(26-18-4-2-1-3-17(18)25-19)27-23(28)15-7-10-20-21(12-15)30-13-29-20/h1-10,12H,11,13H2,(H,26,27,28). The van der Waals surface area contributed by atoms with Gasteiger partial charge in [0.15, 0.2) is 17.3 Å². The molecule has 6 nitrogen and oxygen atoms in total. The predicted octanol–water partition coefficient (Wildman–Crippen LogP) is 4.34. The summed E-state index contributed by atoms with van der Waals surface area (Å²) in [5, 5.41) is 2.86. The average Bonchev–Trinajstić information content (AvgIpc) is 3.23. The number of hydrogen-bond acceptors (Lipinski definition) is 5. The Bertz CT molecular complexity index is 1260. The predicted molar refractivity (Wildman–Crippen MR) is 109 cm³/mol. The molecule has 2 heterocycles. The average molecular weight is 401 g/mol. The van der Waals surface area contributed by atoms with Crippen LogP contribution in [-0.4, -0.2) is 22.7 Å². The Morgan fingerprint density at radius 3 is 2.47 bits per heavy atom. The lowest BCUT2D eigenvalue weighted by Crippen LogP contribution is -2.15. The smallest absolute Gasteiger partial charge is 0.257 e. The van der Waals surface area contributed by atoms with Crippen molar-refractivity contribution in [1.29, 1.82) is 0 Å². The maximum Gasteiger partial charge on any atom is 0.257 e. The second-order valence-electron chi connectivity index (χ2n) is 6.83. The van der Waals surface area contributed by atoms with Crippen LogP contribution in [0.15, 0.2) is 66.7 Å². The summed E-state index contributed by atoms with van der Waals surface area (Å²) < 4.78 is 23.9. The largest absolute Gasteiger partial charge is 0.454 e. The van der Waals surface area contributed by atoms with Crippen molar-refractivity contribution >= 4 is 22.8 Å². The molecule has 1 aliphatic rings. The Morgan fingerprint density at radius 1 is 0.933 bits per heavy atom. The Morgan fingerprint density at radius 2 is 1.67 bits per heavy atom. The molecule has 0 fully saturated rings. The fourth-order valence-electron chi connectivity index (χ4n) is 3.27. The van der Waals surface area contributed by atoms with E-state index in [1.807, 2.05) is 24.3 Å². The molecule has 4 aromatic rings. The number of nitrogens with one attached hydrogen (secondary N) is 1. The number of para-hydroxylation sites is 2. The third kappa shape index (κ3) is 3.53. The number of anilines is 1. The van der Waals surface area contributed by atoms with Crippen LogP contribution in [0.1, 0.15) is 21.6 Å². The van der Waals surface area contributed by atoms with E-state index in [1.54, 1.807) is 30.3 Å². The third-order valence-electron chi connectivity index (χ3n) is 4.79. The summed E-state index contributed by atoms with van der Waals surface area (Å²) in [6.45, 7) is 0.137. The van der Waals surface area contributed by atoms with Gasteiger partial charge in [-0.25, -0.2) is 14.4 Å². The molecule has 30 heavy (non-hydrogen) atoms. The van der Waals surface area contributed by atoms with Gasteiger partial charge < -0.3 is 14.8 Å². The fourth-order valence-corrected chi connectivity index (χ4v) is 3.27. The highest BCUT2D eigenvalue weighted by Crippen LogP contribution is 2.32. The lowest BCUT2D eigenvalue weighted by molar-refractivity contribution is 0.102. The number of nitrogens with zero attached hydrogens (tertiary/aromatic N) is 2. The zero-order chi connectivity index (χ0) is 20.5. The van der Waals surface area contributed by atoms with Crippen molar-refractivity contribution in [3.63, 3.8) is 0 Å². The van der Waals surface area contributed by atoms with Gasteiger partial charge in [0.05, 0.1) is 16.7 Å². The molecule has 0 spiro atoms. The SMILES string of the molecule is O=C(Nc1nc2ccccc2nc1Cc1ccc(F)cc1)c1ccc2c(c1)OCO2. The molecule has 7 heteroatoms. The minimum absolute atomic E-state index is 0.137. The van der Waals surface area contributed by atoms with Crippen molar-refractivity contribution in [2.75, 3.05) is 12.1 Å². The number of amides is 1. The van der Waals surface area contributed by atoms with E-state index in [9.17, 15) is 9.18 Å². The molecule has 1 N–H and O–H groups in total. The van der Waals surface area contributed by atoms with Crippen molar-refractivity contribution in [2.45, 2.75) is 6.42 Å². The molecule has 3 aromatic carbocycles. The first-order chi connectivity index (χ1) is 14.7. The van der Waals surface area contributed by atoms with Gasteiger partial charge in [-0.1, -0.05) is 24.3 Å². The number of benzene rings is 3. The maximum atomic E-state index is 13.3. The van der Waals surface area contributed by atoms with Gasteiger partial charge in [-0.15, -0.1) is 0 Å². The van der Waals surface area contributed by atoms with Crippen LogP contribution in [0.25, 0.3) is 11.0 Å². The van der Waals surface area contributed by atoms with Crippen LogP contribution in [0.3, 0.4) is 0 Å². The normalized spacial score (nSPS) is 12.2. The summed E-state index contributed by atoms with van der Waals surface area (Å²) in [6, 6.07) is 18.6. The molecule has 0 bridgehead atoms. The molecule has 0 unspecified atom stereocenters. The second kappa shape index (κ2) is 7.44. The van der Waals surface area contributed by atoms with E-state index in [0.717, 1.165) is 11.1 Å². The highest BCUT2D eigenvalue weighted by molar-refractivity contribution is 6.04. The van der Waals surface area contributed by atoms with E-state index >= 15 is 0 Å². The Labute approximate surface area is 171 Å². The molecule has 148 valence electrons. The van der Waals surface area contributed by atoms with Crippen molar-refractivity contribution in [3.8, 4) is 11.5 Å². The Hall–Kier alpha value is -4.00. The summed E-state index contributed by atoms with van der Waals surface area (Å²) in [4.78, 5) is 22.2. The van der Waals surface area contributed by atoms with Crippen LogP contribution in [0, 0.1) is 5.82 Å². The topological polar surface area (TPSA) is 73.3 Å². The summed E-state index contributed by atoms with van der Waals surface area (Å²) in [7, 11) is 0. The quantitative estimate of drug-likeness (QED) is 0.551. The van der Waals surface area contributed by atoms with Crippen LogP contribution in [0.4, 0.5) is 10.2 Å². The lowest BCUT2D eigenvalue weighted by Gasteiger charge is -2.12. The Kier molecular flexibility index (Phi) is 4.48. The number of halogens is 1. The number of hydrogen-bond donors (Lipinski definition) is 1. The second-order valence-corrected chi connectivity index (χ2v) is 6.83. The molecule has 1 aromatic heterocycles. The zero-order valence-electron chi connectivity index (χ0n) is 15.8. The summed E-state index contributed by atoms with van der Waals surface area (Å²) in [5.74, 6) is 0.853. The number of fused-ring (bicyclic) bond motifs is 2. The van der Waals surface area contributed by atoms with Crippen LogP contribution >= 0.6 is 0 Å². The minimum atomic E-state index is -0.335. The van der Waals surface area contributed by atoms with Gasteiger partial charge in [-0.3, -0.25) is 4.79 Å². The van der Waals surface area contributed by atoms with Crippen molar-refractivity contribution in [2.24, 2.45) is 0 Å². The van der Waals surface area contributed by atoms with E-state index in [2.05, 4.69) is 15.3 Å². The highest BCUT2D eigenvalue weighted by Gasteiger charge is 2.18. The molecule has 1 amide bonds. The highest BCUT2D eigenvalue weighted by atomic mass is 19.1. The molecule has 0 aliphatic carbocycles. The summed E-state index contributed by atoms with van der Waals surface area (Å²) >= 11 is 0. The van der Waals surface area contributed by atoms with E-state index in [-0.39, 0.29) is 18.5 Å². The van der Waals surface area contributed by atoms with Crippen LogP contribution in [-0.2, 0) is 6.42 Å². The van der Waals surface area contributed by atoms with Gasteiger partial charge in [0.25, 0.3) is 5.91 Å². The maximum absolute atomic E-state index is 13.3. The lowest BCUT2D eigenvalue weighted by atomic mass is 10.1. The molecule has 1 aliphatic heterocycles.